The zero-order chi connectivity index (χ0) is 26.1. The maximum absolute atomic E-state index is 13.9. The molecule has 1 aliphatic heterocycles. The molecule has 1 aliphatic carbocycles. The molecule has 3 aromatic rings. The van der Waals surface area contributed by atoms with Crippen LogP contribution in [0.3, 0.4) is 0 Å². The van der Waals surface area contributed by atoms with Crippen molar-refractivity contribution >= 4 is 33.1 Å². The summed E-state index contributed by atoms with van der Waals surface area (Å²) in [4.78, 5) is 13.9. The fourth-order valence-electron chi connectivity index (χ4n) is 5.23. The number of hydrogen-bond donors (Lipinski definition) is 2. The smallest absolute Gasteiger partial charge is 0.203 e. The number of Topliss-reactive ketones (excluding diaryl/α,β-unsaturated/α-hetero) is 1. The van der Waals surface area contributed by atoms with Crippen molar-refractivity contribution < 1.29 is 23.7 Å². The van der Waals surface area contributed by atoms with Crippen LogP contribution in [-0.2, 0) is 4.79 Å². The highest BCUT2D eigenvalue weighted by Gasteiger charge is 2.37. The van der Waals surface area contributed by atoms with Crippen molar-refractivity contribution in [3.63, 3.8) is 0 Å². The second-order valence-corrected chi connectivity index (χ2v) is 9.93. The van der Waals surface area contributed by atoms with E-state index in [2.05, 4.69) is 26.6 Å². The van der Waals surface area contributed by atoms with Crippen LogP contribution in [0.1, 0.15) is 35.9 Å². The molecule has 0 amide bonds. The number of rotatable bonds is 6. The molecule has 2 unspecified atom stereocenters. The Morgan fingerprint density at radius 3 is 2.14 bits per heavy atom. The van der Waals surface area contributed by atoms with Gasteiger partial charge in [-0.25, -0.2) is 0 Å². The molecule has 0 bridgehead atoms. The predicted octanol–water partition coefficient (Wildman–Crippen LogP) is 6.46. The summed E-state index contributed by atoms with van der Waals surface area (Å²) in [5.41, 5.74) is 5.29. The number of allylic oxidation sites excluding steroid dienone is 1. The molecular formula is C29H29BrN2O5. The molecule has 2 atom stereocenters. The quantitative estimate of drug-likeness (QED) is 0.355. The Hall–Kier alpha value is -3.65. The Balaban J connectivity index is 1.63. The maximum Gasteiger partial charge on any atom is 0.203 e. The van der Waals surface area contributed by atoms with Gasteiger partial charge in [0.05, 0.1) is 45.9 Å². The van der Waals surface area contributed by atoms with E-state index < -0.39 is 0 Å². The molecule has 2 aliphatic rings. The van der Waals surface area contributed by atoms with E-state index in [4.69, 9.17) is 18.9 Å². The van der Waals surface area contributed by atoms with Crippen molar-refractivity contribution in [2.24, 2.45) is 0 Å². The summed E-state index contributed by atoms with van der Waals surface area (Å²) in [5.74, 6) is 2.39. The molecule has 1 heterocycles. The molecule has 8 heteroatoms. The van der Waals surface area contributed by atoms with Crippen molar-refractivity contribution in [2.75, 3.05) is 39.1 Å². The maximum atomic E-state index is 13.9. The van der Waals surface area contributed by atoms with Gasteiger partial charge in [0, 0.05) is 27.7 Å². The molecule has 2 N–H and O–H groups in total. The summed E-state index contributed by atoms with van der Waals surface area (Å²) in [7, 11) is 6.42. The van der Waals surface area contributed by atoms with Gasteiger partial charge in [-0.15, -0.1) is 0 Å². The van der Waals surface area contributed by atoms with E-state index in [-0.39, 0.29) is 17.7 Å². The van der Waals surface area contributed by atoms with Crippen molar-refractivity contribution in [3.8, 4) is 23.0 Å². The normalized spacial score (nSPS) is 18.6. The highest BCUT2D eigenvalue weighted by Crippen LogP contribution is 2.48. The first-order valence-corrected chi connectivity index (χ1v) is 12.8. The first-order valence-electron chi connectivity index (χ1n) is 12.0. The van der Waals surface area contributed by atoms with Crippen LogP contribution in [0, 0.1) is 0 Å². The van der Waals surface area contributed by atoms with Crippen molar-refractivity contribution in [1.29, 1.82) is 0 Å². The van der Waals surface area contributed by atoms with E-state index >= 15 is 0 Å². The van der Waals surface area contributed by atoms with Crippen LogP contribution < -0.4 is 29.6 Å². The lowest BCUT2D eigenvalue weighted by Gasteiger charge is -2.31. The molecule has 0 aromatic heterocycles. The number of ketones is 1. The van der Waals surface area contributed by atoms with Gasteiger partial charge in [-0.1, -0.05) is 28.1 Å². The fourth-order valence-corrected chi connectivity index (χ4v) is 5.61. The third-order valence-corrected chi connectivity index (χ3v) is 7.46. The van der Waals surface area contributed by atoms with Gasteiger partial charge in [0.15, 0.2) is 17.3 Å². The Kier molecular flexibility index (Phi) is 7.02. The predicted molar refractivity (Wildman–Crippen MR) is 147 cm³/mol. The third kappa shape index (κ3) is 4.62. The minimum absolute atomic E-state index is 0.0669. The number of benzene rings is 3. The molecule has 37 heavy (non-hydrogen) atoms. The Bertz CT molecular complexity index is 1360. The van der Waals surface area contributed by atoms with Crippen molar-refractivity contribution in [2.45, 2.75) is 24.8 Å². The molecule has 3 aromatic carbocycles. The second-order valence-electron chi connectivity index (χ2n) is 9.01. The highest BCUT2D eigenvalue weighted by atomic mass is 79.9. The van der Waals surface area contributed by atoms with Crippen LogP contribution in [0.15, 0.2) is 70.3 Å². The van der Waals surface area contributed by atoms with E-state index in [9.17, 15) is 4.79 Å². The SMILES string of the molecule is COc1ccc(Br)cc1C1Nc2ccccc2NC2=C1C(=O)CC(c1cc(OC)c(OC)c(OC)c1)C2. The lowest BCUT2D eigenvalue weighted by atomic mass is 9.78. The summed E-state index contributed by atoms with van der Waals surface area (Å²) < 4.78 is 23.3. The van der Waals surface area contributed by atoms with Gasteiger partial charge in [0.1, 0.15) is 5.75 Å². The summed E-state index contributed by atoms with van der Waals surface area (Å²) in [6, 6.07) is 17.3. The van der Waals surface area contributed by atoms with Crippen LogP contribution in [0.2, 0.25) is 0 Å². The molecule has 0 radical (unpaired) electrons. The van der Waals surface area contributed by atoms with Crippen molar-refractivity contribution in [3.05, 3.63) is 81.5 Å². The zero-order valence-corrected chi connectivity index (χ0v) is 22.8. The van der Waals surface area contributed by atoms with Gasteiger partial charge < -0.3 is 29.6 Å². The summed E-state index contributed by atoms with van der Waals surface area (Å²) in [6.07, 6.45) is 0.993. The first kappa shape index (κ1) is 25.0. The van der Waals surface area contributed by atoms with Crippen LogP contribution in [0.5, 0.6) is 23.0 Å². The number of fused-ring (bicyclic) bond motifs is 1. The molecule has 0 fully saturated rings. The molecular weight excluding hydrogens is 536 g/mol. The number of anilines is 2. The standard InChI is InChI=1S/C29H29BrN2O5/c1-34-24-10-9-18(30)15-19(24)28-27-22(31-20-7-5-6-8-21(20)32-28)11-16(12-23(27)33)17-13-25(35-2)29(37-4)26(14-17)36-3/h5-10,13-16,28,31-32H,11-12H2,1-4H3. The Morgan fingerprint density at radius 1 is 0.811 bits per heavy atom. The highest BCUT2D eigenvalue weighted by molar-refractivity contribution is 9.10. The minimum Gasteiger partial charge on any atom is -0.496 e. The van der Waals surface area contributed by atoms with Gasteiger partial charge in [-0.3, -0.25) is 4.79 Å². The van der Waals surface area contributed by atoms with E-state index in [0.717, 1.165) is 38.2 Å². The topological polar surface area (TPSA) is 78.1 Å². The van der Waals surface area contributed by atoms with Crippen LogP contribution in [0.25, 0.3) is 0 Å². The van der Waals surface area contributed by atoms with Gasteiger partial charge in [0.25, 0.3) is 0 Å². The number of para-hydroxylation sites is 2. The number of nitrogens with one attached hydrogen (secondary N) is 2. The van der Waals surface area contributed by atoms with E-state index in [1.54, 1.807) is 28.4 Å². The summed E-state index contributed by atoms with van der Waals surface area (Å²) >= 11 is 3.59. The number of methoxy groups -OCH3 is 4. The molecule has 0 saturated carbocycles. The Labute approximate surface area is 224 Å². The first-order chi connectivity index (χ1) is 18.0. The largest absolute Gasteiger partial charge is 0.496 e. The molecule has 5 rings (SSSR count). The summed E-state index contributed by atoms with van der Waals surface area (Å²) in [6.45, 7) is 0. The molecule has 192 valence electrons. The third-order valence-electron chi connectivity index (χ3n) is 6.97. The number of ether oxygens (including phenoxy) is 4. The molecule has 0 saturated heterocycles. The van der Waals surface area contributed by atoms with Gasteiger partial charge in [-0.05, 0) is 60.4 Å². The average Bonchev–Trinajstić information content (AvgIpc) is 3.09. The monoisotopic (exact) mass is 564 g/mol. The lowest BCUT2D eigenvalue weighted by Crippen LogP contribution is -2.27. The van der Waals surface area contributed by atoms with E-state index in [1.165, 1.54) is 0 Å². The number of hydrogen-bond acceptors (Lipinski definition) is 7. The number of halogens is 1. The molecule has 7 nitrogen and oxygen atoms in total. The average molecular weight is 565 g/mol. The van der Waals surface area contributed by atoms with Crippen LogP contribution in [0.4, 0.5) is 11.4 Å². The second kappa shape index (κ2) is 10.4. The number of carbonyl (C=O) groups is 1. The Morgan fingerprint density at radius 2 is 1.49 bits per heavy atom. The van der Waals surface area contributed by atoms with Gasteiger partial charge in [-0.2, -0.15) is 0 Å². The lowest BCUT2D eigenvalue weighted by molar-refractivity contribution is -0.116. The van der Waals surface area contributed by atoms with Gasteiger partial charge in [0.2, 0.25) is 5.75 Å². The summed E-state index contributed by atoms with van der Waals surface area (Å²) in [5, 5.41) is 7.19. The fraction of sp³-hybridized carbons (Fsp3) is 0.276. The van der Waals surface area contributed by atoms with Crippen LogP contribution in [-0.4, -0.2) is 34.2 Å². The minimum atomic E-state index is -0.382. The number of carbonyl (C=O) groups excluding carboxylic acids is 1. The van der Waals surface area contributed by atoms with Gasteiger partial charge >= 0.3 is 0 Å². The van der Waals surface area contributed by atoms with E-state index in [1.807, 2.05) is 54.6 Å². The van der Waals surface area contributed by atoms with Crippen LogP contribution >= 0.6 is 15.9 Å². The molecule has 0 spiro atoms. The van der Waals surface area contributed by atoms with E-state index in [0.29, 0.717) is 35.8 Å². The van der Waals surface area contributed by atoms with Crippen molar-refractivity contribution in [1.82, 2.24) is 0 Å². The zero-order valence-electron chi connectivity index (χ0n) is 21.2.